The molecule has 1 unspecified atom stereocenters. The van der Waals surface area contributed by atoms with E-state index in [1.807, 2.05) is 0 Å². The van der Waals surface area contributed by atoms with Crippen LogP contribution in [0, 0.1) is 5.82 Å². The Hall–Kier alpha value is -2.02. The summed E-state index contributed by atoms with van der Waals surface area (Å²) in [4.78, 5) is 3.48. The monoisotopic (exact) mass is 429 g/mol. The van der Waals surface area contributed by atoms with Crippen molar-refractivity contribution in [3.8, 4) is 0 Å². The van der Waals surface area contributed by atoms with Gasteiger partial charge in [-0.25, -0.2) is 26.7 Å². The molecule has 1 aliphatic rings. The number of hydrogen-bond donors (Lipinski definition) is 1. The molecule has 0 aliphatic carbocycles. The van der Waals surface area contributed by atoms with Crippen molar-refractivity contribution >= 4 is 21.5 Å². The number of piperidine rings is 1. The number of rotatable bonds is 2. The molecular weight excluding hydrogens is 409 g/mol. The second-order valence-corrected chi connectivity index (χ2v) is 8.24. The smallest absolute Gasteiger partial charge is 0.367 e. The molecule has 158 valence electrons. The molecular formula is C15H20F5N5O2S. The quantitative estimate of drug-likeness (QED) is 0.740. The minimum atomic E-state index is -4.77. The van der Waals surface area contributed by atoms with Gasteiger partial charge in [0, 0.05) is 13.1 Å². The summed E-state index contributed by atoms with van der Waals surface area (Å²) in [6, 6.07) is 0. The summed E-state index contributed by atoms with van der Waals surface area (Å²) in [7, 11) is -3.17. The van der Waals surface area contributed by atoms with E-state index in [0.717, 1.165) is 17.0 Å². The molecule has 0 bridgehead atoms. The fourth-order valence-corrected chi connectivity index (χ4v) is 3.78. The highest BCUT2D eigenvalue weighted by molar-refractivity contribution is 7.88. The highest BCUT2D eigenvalue weighted by Gasteiger charge is 2.40. The number of aromatic nitrogens is 3. The van der Waals surface area contributed by atoms with Crippen molar-refractivity contribution in [2.45, 2.75) is 38.5 Å². The lowest BCUT2D eigenvalue weighted by molar-refractivity contribution is -0.140. The van der Waals surface area contributed by atoms with Gasteiger partial charge in [0.05, 0.1) is 18.1 Å². The Kier molecular flexibility index (Phi) is 6.48. The number of hydrogen-bond acceptors (Lipinski definition) is 5. The normalized spacial score (nSPS) is 18.8. The van der Waals surface area contributed by atoms with Crippen LogP contribution in [0.2, 0.25) is 0 Å². The molecule has 2 N–H and O–H groups in total. The Morgan fingerprint density at radius 3 is 2.46 bits per heavy atom. The van der Waals surface area contributed by atoms with E-state index in [4.69, 9.17) is 5.73 Å². The van der Waals surface area contributed by atoms with Gasteiger partial charge in [0.1, 0.15) is 17.3 Å². The van der Waals surface area contributed by atoms with Crippen molar-refractivity contribution in [2.24, 2.45) is 0 Å². The van der Waals surface area contributed by atoms with Crippen molar-refractivity contribution in [1.29, 1.82) is 0 Å². The van der Waals surface area contributed by atoms with Gasteiger partial charge < -0.3 is 5.73 Å². The minimum Gasteiger partial charge on any atom is -0.367 e. The van der Waals surface area contributed by atoms with Crippen LogP contribution in [-0.2, 0) is 22.6 Å². The molecule has 1 fully saturated rings. The van der Waals surface area contributed by atoms with Crippen molar-refractivity contribution in [1.82, 2.24) is 18.9 Å². The van der Waals surface area contributed by atoms with Crippen LogP contribution in [0.1, 0.15) is 31.0 Å². The maximum Gasteiger partial charge on any atom is 0.421 e. The Bertz CT molecular complexity index is 944. The molecule has 1 atom stereocenters. The molecule has 28 heavy (non-hydrogen) atoms. The van der Waals surface area contributed by atoms with Crippen LogP contribution in [0.3, 0.4) is 0 Å². The van der Waals surface area contributed by atoms with E-state index in [2.05, 4.69) is 10.1 Å². The molecule has 0 saturated carbocycles. The molecule has 0 amide bonds. The van der Waals surface area contributed by atoms with Crippen molar-refractivity contribution in [2.75, 3.05) is 25.1 Å². The molecule has 0 aromatic carbocycles. The first-order valence-electron chi connectivity index (χ1n) is 8.34. The second kappa shape index (κ2) is 8.15. The standard InChI is InChI=1S/C9H8F4N4.C6H12FNO2S/c1-2-4-6(9(11,12)13)7(10)5-3-15-8(14)16-17(4)5;1-11(9,10)8-4-2-3-6(7)5-8/h3H,2H2,1H3,(H2,14,16);6H,2-5H2,1H3. The van der Waals surface area contributed by atoms with Gasteiger partial charge in [-0.15, -0.1) is 5.10 Å². The lowest BCUT2D eigenvalue weighted by Crippen LogP contribution is -2.39. The number of anilines is 1. The molecule has 7 nitrogen and oxygen atoms in total. The molecule has 3 rings (SSSR count). The fraction of sp³-hybridized carbons (Fsp3) is 0.600. The minimum absolute atomic E-state index is 0.0175. The van der Waals surface area contributed by atoms with Gasteiger partial charge in [-0.3, -0.25) is 0 Å². The maximum atomic E-state index is 13.6. The van der Waals surface area contributed by atoms with Gasteiger partial charge in [0.2, 0.25) is 16.0 Å². The topological polar surface area (TPSA) is 93.6 Å². The van der Waals surface area contributed by atoms with Gasteiger partial charge in [-0.1, -0.05) is 6.92 Å². The first-order valence-corrected chi connectivity index (χ1v) is 10.2. The summed E-state index contributed by atoms with van der Waals surface area (Å²) in [5.41, 5.74) is 3.37. The molecule has 1 saturated heterocycles. The summed E-state index contributed by atoms with van der Waals surface area (Å²) in [6.07, 6.45) is -2.58. The summed E-state index contributed by atoms with van der Waals surface area (Å²) in [6.45, 7) is 1.99. The highest BCUT2D eigenvalue weighted by Crippen LogP contribution is 2.36. The number of alkyl halides is 4. The number of fused-ring (bicyclic) bond motifs is 1. The lowest BCUT2D eigenvalue weighted by atomic mass is 10.1. The van der Waals surface area contributed by atoms with E-state index in [1.54, 1.807) is 0 Å². The third kappa shape index (κ3) is 4.87. The molecule has 2 aromatic rings. The van der Waals surface area contributed by atoms with E-state index in [1.165, 1.54) is 11.2 Å². The highest BCUT2D eigenvalue weighted by atomic mass is 32.2. The van der Waals surface area contributed by atoms with Crippen molar-refractivity contribution in [3.63, 3.8) is 0 Å². The first-order chi connectivity index (χ1) is 12.9. The number of sulfonamides is 1. The maximum absolute atomic E-state index is 13.6. The Morgan fingerprint density at radius 1 is 1.36 bits per heavy atom. The zero-order valence-corrected chi connectivity index (χ0v) is 16.0. The Balaban J connectivity index is 0.000000221. The van der Waals surface area contributed by atoms with Gasteiger partial charge in [-0.2, -0.15) is 17.5 Å². The lowest BCUT2D eigenvalue weighted by Gasteiger charge is -2.26. The SMILES string of the molecule is CCc1c(C(F)(F)F)c(F)c2cnc(N)nn12.CS(=O)(=O)N1CCCC(F)C1. The van der Waals surface area contributed by atoms with Gasteiger partial charge in [0.25, 0.3) is 0 Å². The third-order valence-electron chi connectivity index (χ3n) is 4.15. The van der Waals surface area contributed by atoms with E-state index in [0.29, 0.717) is 19.4 Å². The summed E-state index contributed by atoms with van der Waals surface area (Å²) in [5.74, 6) is -1.58. The Labute approximate surface area is 158 Å². The van der Waals surface area contributed by atoms with Crippen molar-refractivity contribution < 1.29 is 30.4 Å². The first kappa shape index (κ1) is 22.3. The molecule has 0 spiro atoms. The molecule has 2 aromatic heterocycles. The predicted molar refractivity (Wildman–Crippen MR) is 92.3 cm³/mol. The number of nitrogens with two attached hydrogens (primary N) is 1. The van der Waals surface area contributed by atoms with Gasteiger partial charge >= 0.3 is 6.18 Å². The number of aryl methyl sites for hydroxylation is 1. The summed E-state index contributed by atoms with van der Waals surface area (Å²) in [5, 5.41) is 3.58. The van der Waals surface area contributed by atoms with Crippen molar-refractivity contribution in [3.05, 3.63) is 23.3 Å². The van der Waals surface area contributed by atoms with E-state index in [9.17, 15) is 30.4 Å². The van der Waals surface area contributed by atoms with E-state index < -0.39 is 33.8 Å². The van der Waals surface area contributed by atoms with E-state index in [-0.39, 0.29) is 30.1 Å². The fourth-order valence-electron chi connectivity index (χ4n) is 2.89. The van der Waals surface area contributed by atoms with Gasteiger partial charge in [0.15, 0.2) is 5.82 Å². The zero-order chi connectivity index (χ0) is 21.3. The molecule has 0 radical (unpaired) electrons. The van der Waals surface area contributed by atoms with E-state index >= 15 is 0 Å². The van der Waals surface area contributed by atoms with Crippen LogP contribution in [0.5, 0.6) is 0 Å². The van der Waals surface area contributed by atoms with Crippen LogP contribution in [0.15, 0.2) is 6.20 Å². The summed E-state index contributed by atoms with van der Waals surface area (Å²) >= 11 is 0. The number of halogens is 5. The van der Waals surface area contributed by atoms with Crippen LogP contribution in [0.25, 0.3) is 5.52 Å². The molecule has 13 heteroatoms. The average molecular weight is 429 g/mol. The average Bonchev–Trinajstić information content (AvgIpc) is 2.86. The third-order valence-corrected chi connectivity index (χ3v) is 5.42. The largest absolute Gasteiger partial charge is 0.421 e. The van der Waals surface area contributed by atoms with Crippen LogP contribution in [-0.4, -0.2) is 52.8 Å². The number of nitrogens with zero attached hydrogens (tertiary/aromatic N) is 4. The van der Waals surface area contributed by atoms with Gasteiger partial charge in [-0.05, 0) is 19.3 Å². The summed E-state index contributed by atoms with van der Waals surface area (Å²) < 4.78 is 88.2. The number of nitrogen functional groups attached to an aromatic ring is 1. The van der Waals surface area contributed by atoms with Crippen LogP contribution < -0.4 is 5.73 Å². The molecule has 1 aliphatic heterocycles. The predicted octanol–water partition coefficient (Wildman–Crippen LogP) is 2.41. The molecule has 3 heterocycles. The second-order valence-electron chi connectivity index (χ2n) is 6.26. The Morgan fingerprint density at radius 2 is 2.00 bits per heavy atom. The zero-order valence-electron chi connectivity index (χ0n) is 15.2. The van der Waals surface area contributed by atoms with Crippen LogP contribution in [0.4, 0.5) is 27.9 Å². The van der Waals surface area contributed by atoms with Crippen LogP contribution >= 0.6 is 0 Å².